The molecule has 1 unspecified atom stereocenters. The summed E-state index contributed by atoms with van der Waals surface area (Å²) in [6.45, 7) is 11.9. The van der Waals surface area contributed by atoms with Crippen LogP contribution in [0.4, 0.5) is 0 Å². The number of nitrogens with one attached hydrogen (secondary N) is 1. The molecule has 1 aromatic rings. The molecule has 3 heteroatoms. The molecular weight excluding hydrogens is 198 g/mol. The van der Waals surface area contributed by atoms with Crippen molar-refractivity contribution < 1.29 is 0 Å². The molecule has 0 aliphatic rings. The molecule has 0 spiro atoms. The van der Waals surface area contributed by atoms with Crippen molar-refractivity contribution in [1.29, 1.82) is 0 Å². The van der Waals surface area contributed by atoms with E-state index in [9.17, 15) is 0 Å². The van der Waals surface area contributed by atoms with Crippen molar-refractivity contribution in [2.45, 2.75) is 59.7 Å². The van der Waals surface area contributed by atoms with Crippen LogP contribution >= 0.6 is 0 Å². The van der Waals surface area contributed by atoms with Crippen LogP contribution in [-0.4, -0.2) is 15.8 Å². The zero-order valence-corrected chi connectivity index (χ0v) is 11.2. The largest absolute Gasteiger partial charge is 0.309 e. The maximum Gasteiger partial charge on any atom is 0.0762 e. The molecule has 0 saturated carbocycles. The zero-order chi connectivity index (χ0) is 12.1. The topological polar surface area (TPSA) is 29.9 Å². The average Bonchev–Trinajstić information content (AvgIpc) is 2.61. The summed E-state index contributed by atoms with van der Waals surface area (Å²) in [6, 6.07) is 3.10. The lowest BCUT2D eigenvalue weighted by molar-refractivity contribution is 0.436. The Morgan fingerprint density at radius 2 is 1.94 bits per heavy atom. The highest BCUT2D eigenvalue weighted by atomic mass is 15.3. The van der Waals surface area contributed by atoms with Crippen LogP contribution in [0.25, 0.3) is 0 Å². The van der Waals surface area contributed by atoms with E-state index in [4.69, 9.17) is 0 Å². The molecule has 0 aliphatic heterocycles. The van der Waals surface area contributed by atoms with Crippen molar-refractivity contribution >= 4 is 0 Å². The summed E-state index contributed by atoms with van der Waals surface area (Å²) in [6.07, 6.45) is 3.26. The Morgan fingerprint density at radius 3 is 2.44 bits per heavy atom. The number of aromatic nitrogens is 2. The van der Waals surface area contributed by atoms with Crippen LogP contribution in [0, 0.1) is 5.92 Å². The minimum absolute atomic E-state index is 0.446. The third kappa shape index (κ3) is 4.35. The highest BCUT2D eigenvalue weighted by molar-refractivity contribution is 4.99. The lowest BCUT2D eigenvalue weighted by Crippen LogP contribution is -2.27. The smallest absolute Gasteiger partial charge is 0.0762 e. The third-order valence-corrected chi connectivity index (χ3v) is 2.65. The summed E-state index contributed by atoms with van der Waals surface area (Å²) >= 11 is 0. The average molecular weight is 223 g/mol. The Bertz CT molecular complexity index is 302. The van der Waals surface area contributed by atoms with Gasteiger partial charge in [0.2, 0.25) is 0 Å². The Labute approximate surface area is 99.2 Å². The highest BCUT2D eigenvalue weighted by Crippen LogP contribution is 2.06. The summed E-state index contributed by atoms with van der Waals surface area (Å²) in [4.78, 5) is 0. The molecule has 0 bridgehead atoms. The van der Waals surface area contributed by atoms with Crippen LogP contribution < -0.4 is 5.32 Å². The molecule has 0 aliphatic carbocycles. The van der Waals surface area contributed by atoms with E-state index in [1.807, 2.05) is 4.68 Å². The molecule has 0 saturated heterocycles. The first-order chi connectivity index (χ1) is 7.49. The molecule has 0 aromatic carbocycles. The zero-order valence-electron chi connectivity index (χ0n) is 11.2. The van der Waals surface area contributed by atoms with Crippen molar-refractivity contribution in [1.82, 2.24) is 15.1 Å². The van der Waals surface area contributed by atoms with Gasteiger partial charge < -0.3 is 5.32 Å². The molecule has 16 heavy (non-hydrogen) atoms. The van der Waals surface area contributed by atoms with Gasteiger partial charge in [0.05, 0.1) is 5.69 Å². The maximum absolute atomic E-state index is 4.52. The second kappa shape index (κ2) is 6.04. The first-order valence-corrected chi connectivity index (χ1v) is 6.26. The van der Waals surface area contributed by atoms with Crippen molar-refractivity contribution in [3.63, 3.8) is 0 Å². The van der Waals surface area contributed by atoms with E-state index in [-0.39, 0.29) is 0 Å². The van der Waals surface area contributed by atoms with E-state index in [2.05, 4.69) is 57.3 Å². The van der Waals surface area contributed by atoms with Crippen LogP contribution in [0.3, 0.4) is 0 Å². The van der Waals surface area contributed by atoms with Crippen molar-refractivity contribution in [2.75, 3.05) is 0 Å². The summed E-state index contributed by atoms with van der Waals surface area (Å²) in [5, 5.41) is 8.02. The van der Waals surface area contributed by atoms with Gasteiger partial charge in [0.25, 0.3) is 0 Å². The maximum atomic E-state index is 4.52. The summed E-state index contributed by atoms with van der Waals surface area (Å²) in [5.74, 6) is 0.746. The lowest BCUT2D eigenvalue weighted by atomic mass is 10.1. The van der Waals surface area contributed by atoms with Crippen molar-refractivity contribution in [2.24, 2.45) is 5.92 Å². The van der Waals surface area contributed by atoms with Gasteiger partial charge in [0.15, 0.2) is 0 Å². The van der Waals surface area contributed by atoms with Gasteiger partial charge in [0, 0.05) is 24.8 Å². The normalized spacial score (nSPS) is 13.7. The molecule has 1 heterocycles. The molecule has 1 aromatic heterocycles. The number of rotatable bonds is 6. The summed E-state index contributed by atoms with van der Waals surface area (Å²) < 4.78 is 2.00. The summed E-state index contributed by atoms with van der Waals surface area (Å²) in [7, 11) is 0. The van der Waals surface area contributed by atoms with Crippen LogP contribution in [-0.2, 0) is 6.54 Å². The van der Waals surface area contributed by atoms with Gasteiger partial charge in [-0.25, -0.2) is 0 Å². The second-order valence-electron chi connectivity index (χ2n) is 5.29. The van der Waals surface area contributed by atoms with E-state index >= 15 is 0 Å². The molecule has 0 fully saturated rings. The molecule has 92 valence electrons. The molecule has 0 amide bonds. The van der Waals surface area contributed by atoms with Gasteiger partial charge in [-0.1, -0.05) is 13.8 Å². The molecule has 1 rings (SSSR count). The Hall–Kier alpha value is -0.830. The number of nitrogens with zero attached hydrogens (tertiary/aromatic N) is 2. The second-order valence-corrected chi connectivity index (χ2v) is 5.29. The molecule has 0 radical (unpaired) electrons. The van der Waals surface area contributed by atoms with Crippen LogP contribution in [0.2, 0.25) is 0 Å². The predicted molar refractivity (Wildman–Crippen MR) is 68.4 cm³/mol. The lowest BCUT2D eigenvalue weighted by Gasteiger charge is -2.14. The van der Waals surface area contributed by atoms with E-state index < -0.39 is 0 Å². The quantitative estimate of drug-likeness (QED) is 0.803. The Balaban J connectivity index is 2.36. The first-order valence-electron chi connectivity index (χ1n) is 6.26. The molecule has 1 atom stereocenters. The molecule has 3 nitrogen and oxygen atoms in total. The Kier molecular flexibility index (Phi) is 5.00. The van der Waals surface area contributed by atoms with Gasteiger partial charge in [-0.3, -0.25) is 4.68 Å². The van der Waals surface area contributed by atoms with Crippen LogP contribution in [0.5, 0.6) is 0 Å². The molecular formula is C13H25N3. The Morgan fingerprint density at radius 1 is 1.25 bits per heavy atom. The van der Waals surface area contributed by atoms with Gasteiger partial charge in [-0.15, -0.1) is 0 Å². The standard InChI is InChI=1S/C13H25N3/c1-10(2)8-12(5)14-9-13-6-7-16(15-13)11(3)4/h6-7,10-12,14H,8-9H2,1-5H3. The van der Waals surface area contributed by atoms with Gasteiger partial charge >= 0.3 is 0 Å². The van der Waals surface area contributed by atoms with Gasteiger partial charge in [-0.05, 0) is 39.2 Å². The van der Waals surface area contributed by atoms with Crippen molar-refractivity contribution in [3.8, 4) is 0 Å². The summed E-state index contributed by atoms with van der Waals surface area (Å²) in [5.41, 5.74) is 1.13. The van der Waals surface area contributed by atoms with Gasteiger partial charge in [0.1, 0.15) is 0 Å². The third-order valence-electron chi connectivity index (χ3n) is 2.65. The van der Waals surface area contributed by atoms with Crippen LogP contribution in [0.15, 0.2) is 12.3 Å². The minimum atomic E-state index is 0.446. The molecule has 1 N–H and O–H groups in total. The van der Waals surface area contributed by atoms with Crippen molar-refractivity contribution in [3.05, 3.63) is 18.0 Å². The fourth-order valence-electron chi connectivity index (χ4n) is 1.83. The van der Waals surface area contributed by atoms with Gasteiger partial charge in [-0.2, -0.15) is 5.10 Å². The first kappa shape index (κ1) is 13.2. The van der Waals surface area contributed by atoms with Crippen LogP contribution in [0.1, 0.15) is 52.8 Å². The predicted octanol–water partition coefficient (Wildman–Crippen LogP) is 2.99. The minimum Gasteiger partial charge on any atom is -0.309 e. The fraction of sp³-hybridized carbons (Fsp3) is 0.769. The van der Waals surface area contributed by atoms with E-state index in [1.165, 1.54) is 6.42 Å². The highest BCUT2D eigenvalue weighted by Gasteiger charge is 2.06. The SMILES string of the molecule is CC(C)CC(C)NCc1ccn(C(C)C)n1. The fourth-order valence-corrected chi connectivity index (χ4v) is 1.83. The van der Waals surface area contributed by atoms with E-state index in [0.717, 1.165) is 18.2 Å². The number of hydrogen-bond acceptors (Lipinski definition) is 2. The monoisotopic (exact) mass is 223 g/mol. The number of hydrogen-bond donors (Lipinski definition) is 1. The van der Waals surface area contributed by atoms with E-state index in [1.54, 1.807) is 0 Å². The van der Waals surface area contributed by atoms with E-state index in [0.29, 0.717) is 12.1 Å².